The van der Waals surface area contributed by atoms with Crippen LogP contribution in [0.5, 0.6) is 34.5 Å². The summed E-state index contributed by atoms with van der Waals surface area (Å²) in [4.78, 5) is 0. The van der Waals surface area contributed by atoms with Gasteiger partial charge in [0.1, 0.15) is 24.7 Å². The largest absolute Gasteiger partial charge is 0.497 e. The normalized spacial score (nSPS) is 12.2. The molecule has 0 aromatic heterocycles. The van der Waals surface area contributed by atoms with Gasteiger partial charge in [-0.05, 0) is 116 Å². The van der Waals surface area contributed by atoms with Crippen molar-refractivity contribution >= 4 is 14.4 Å². The molecule has 4 rings (SSSR count). The van der Waals surface area contributed by atoms with Crippen LogP contribution in [0.15, 0.2) is 91.0 Å². The van der Waals surface area contributed by atoms with Gasteiger partial charge in [-0.25, -0.2) is 0 Å². The molecule has 0 saturated carbocycles. The van der Waals surface area contributed by atoms with E-state index in [0.717, 1.165) is 40.7 Å². The van der Waals surface area contributed by atoms with Crippen LogP contribution in [0.25, 0.3) is 6.08 Å². The first-order valence-corrected chi connectivity index (χ1v) is 19.4. The molecule has 8 heteroatoms. The molecule has 7 nitrogen and oxygen atoms in total. The molecule has 0 amide bonds. The Morgan fingerprint density at radius 2 is 1.08 bits per heavy atom. The third-order valence-corrected chi connectivity index (χ3v) is 10.5. The minimum absolute atomic E-state index is 0.188. The van der Waals surface area contributed by atoms with Crippen molar-refractivity contribution in [3.05, 3.63) is 113 Å². The smallest absolute Gasteiger partial charge is 0.187 e. The van der Waals surface area contributed by atoms with Gasteiger partial charge >= 0.3 is 0 Å². The average molecular weight is 671 g/mol. The molecule has 0 bridgehead atoms. The van der Waals surface area contributed by atoms with Gasteiger partial charge in [-0.1, -0.05) is 48.6 Å². The van der Waals surface area contributed by atoms with Crippen LogP contribution in [-0.2, 0) is 24.1 Å². The second kappa shape index (κ2) is 17.7. The van der Waals surface area contributed by atoms with Crippen LogP contribution in [-0.4, -0.2) is 42.9 Å². The Bertz CT molecular complexity index is 1600. The number of ether oxygens (including phenoxy) is 6. The lowest BCUT2D eigenvalue weighted by molar-refractivity contribution is 0.229. The molecule has 4 aromatic carbocycles. The summed E-state index contributed by atoms with van der Waals surface area (Å²) in [6, 6.07) is 28.9. The van der Waals surface area contributed by atoms with Crippen LogP contribution >= 0.6 is 0 Å². The summed E-state index contributed by atoms with van der Waals surface area (Å²) in [5, 5.41) is 0. The summed E-state index contributed by atoms with van der Waals surface area (Å²) >= 11 is 0. The van der Waals surface area contributed by atoms with E-state index in [2.05, 4.69) is 57.3 Å². The summed E-state index contributed by atoms with van der Waals surface area (Å²) in [5.74, 6) is 4.70. The Morgan fingerprint density at radius 3 is 1.58 bits per heavy atom. The predicted octanol–water partition coefficient (Wildman–Crippen LogP) is 9.38. The van der Waals surface area contributed by atoms with E-state index in [9.17, 15) is 0 Å². The molecule has 1 unspecified atom stereocenters. The van der Waals surface area contributed by atoms with Gasteiger partial charge in [-0.3, -0.25) is 0 Å². The van der Waals surface area contributed by atoms with Gasteiger partial charge in [0.05, 0.1) is 28.4 Å². The number of hydrogen-bond donors (Lipinski definition) is 0. The lowest BCUT2D eigenvalue weighted by Crippen LogP contribution is -2.35. The molecule has 0 aliphatic carbocycles. The first kappa shape index (κ1) is 36.4. The lowest BCUT2D eigenvalue weighted by atomic mass is 9.99. The van der Waals surface area contributed by atoms with Crippen molar-refractivity contribution in [2.24, 2.45) is 5.92 Å². The van der Waals surface area contributed by atoms with Crippen LogP contribution in [0.4, 0.5) is 0 Å². The Kier molecular flexibility index (Phi) is 13.4. The summed E-state index contributed by atoms with van der Waals surface area (Å²) in [6.07, 6.45) is 5.49. The van der Waals surface area contributed by atoms with Crippen molar-refractivity contribution < 1.29 is 32.8 Å². The molecular weight excluding hydrogens is 621 g/mol. The van der Waals surface area contributed by atoms with Gasteiger partial charge in [-0.15, -0.1) is 0 Å². The fraction of sp³-hybridized carbons (Fsp3) is 0.350. The Balaban J connectivity index is 1.49. The van der Waals surface area contributed by atoms with Crippen LogP contribution < -0.4 is 28.4 Å². The van der Waals surface area contributed by atoms with Crippen LogP contribution in [0.1, 0.15) is 36.1 Å². The molecule has 0 aliphatic rings. The highest BCUT2D eigenvalue weighted by Gasteiger charge is 2.27. The van der Waals surface area contributed by atoms with E-state index in [1.807, 2.05) is 66.7 Å². The minimum atomic E-state index is -1.96. The molecule has 0 heterocycles. The van der Waals surface area contributed by atoms with Gasteiger partial charge in [0.25, 0.3) is 0 Å². The maximum absolute atomic E-state index is 6.45. The highest BCUT2D eigenvalue weighted by molar-refractivity contribution is 6.71. The van der Waals surface area contributed by atoms with Crippen molar-refractivity contribution in [2.75, 3.05) is 28.4 Å². The van der Waals surface area contributed by atoms with E-state index in [1.165, 1.54) is 5.56 Å². The van der Waals surface area contributed by atoms with Crippen molar-refractivity contribution in [3.63, 3.8) is 0 Å². The Morgan fingerprint density at radius 1 is 0.583 bits per heavy atom. The lowest BCUT2D eigenvalue weighted by Gasteiger charge is -2.29. The fourth-order valence-corrected chi connectivity index (χ4v) is 8.62. The first-order valence-electron chi connectivity index (χ1n) is 16.3. The highest BCUT2D eigenvalue weighted by atomic mass is 28.4. The third-order valence-electron chi connectivity index (χ3n) is 7.89. The zero-order valence-electron chi connectivity index (χ0n) is 29.6. The zero-order chi connectivity index (χ0) is 34.5. The average Bonchev–Trinajstić information content (AvgIpc) is 3.08. The minimum Gasteiger partial charge on any atom is -0.497 e. The zero-order valence-corrected chi connectivity index (χ0v) is 30.6. The maximum Gasteiger partial charge on any atom is 0.187 e. The number of hydrogen-bond acceptors (Lipinski definition) is 7. The Hall–Kier alpha value is -4.40. The van der Waals surface area contributed by atoms with E-state index in [1.54, 1.807) is 28.4 Å². The number of allylic oxidation sites excluding steroid dienone is 1. The van der Waals surface area contributed by atoms with Crippen LogP contribution in [0.2, 0.25) is 19.1 Å². The summed E-state index contributed by atoms with van der Waals surface area (Å²) in [7, 11) is 4.72. The number of benzene rings is 4. The van der Waals surface area contributed by atoms with Gasteiger partial charge in [0, 0.05) is 6.10 Å². The van der Waals surface area contributed by atoms with Gasteiger partial charge in [0.15, 0.2) is 31.3 Å². The van der Waals surface area contributed by atoms with Gasteiger partial charge < -0.3 is 32.8 Å². The number of rotatable bonds is 18. The van der Waals surface area contributed by atoms with Crippen LogP contribution in [0.3, 0.4) is 0 Å². The number of methoxy groups -OCH3 is 4. The SMILES string of the molecule is COc1ccc(COc2ccc(/C=C/C(Cc3ccc(OCc4ccc(OC)cc4)c(OC)c3)C[Si](C)(C)OC(C)C)cc2OC)cc1. The summed E-state index contributed by atoms with van der Waals surface area (Å²) < 4.78 is 40.7. The quantitative estimate of drug-likeness (QED) is 0.0978. The topological polar surface area (TPSA) is 64.6 Å². The molecule has 0 radical (unpaired) electrons. The molecule has 0 spiro atoms. The highest BCUT2D eigenvalue weighted by Crippen LogP contribution is 2.33. The van der Waals surface area contributed by atoms with E-state index in [0.29, 0.717) is 36.2 Å². The van der Waals surface area contributed by atoms with Gasteiger partial charge in [-0.2, -0.15) is 0 Å². The molecule has 256 valence electrons. The van der Waals surface area contributed by atoms with E-state index in [4.69, 9.17) is 32.8 Å². The maximum atomic E-state index is 6.45. The van der Waals surface area contributed by atoms with Crippen molar-refractivity contribution in [2.45, 2.75) is 58.7 Å². The van der Waals surface area contributed by atoms with E-state index in [-0.39, 0.29) is 12.0 Å². The molecule has 0 fully saturated rings. The van der Waals surface area contributed by atoms with Gasteiger partial charge in [0.2, 0.25) is 0 Å². The first-order chi connectivity index (χ1) is 23.1. The fourth-order valence-electron chi connectivity index (χ4n) is 5.71. The summed E-state index contributed by atoms with van der Waals surface area (Å²) in [5.41, 5.74) is 4.32. The standard InChI is InChI=1S/C40H50O7Si/c1-29(2)47-48(7,8)28-34(23-33-16-22-38(40(25-33)44-6)46-27-32-13-19-36(42-4)20-14-32)10-9-30-15-21-37(39(24-30)43-5)45-26-31-11-17-35(41-3)18-12-31/h9-22,24-25,29,34H,23,26-28H2,1-8H3/b10-9+. The van der Waals surface area contributed by atoms with E-state index >= 15 is 0 Å². The van der Waals surface area contributed by atoms with Crippen molar-refractivity contribution in [3.8, 4) is 34.5 Å². The molecule has 0 saturated heterocycles. The van der Waals surface area contributed by atoms with E-state index < -0.39 is 8.32 Å². The van der Waals surface area contributed by atoms with Crippen LogP contribution in [0, 0.1) is 5.92 Å². The predicted molar refractivity (Wildman–Crippen MR) is 195 cm³/mol. The molecule has 1 atom stereocenters. The second-order valence-electron chi connectivity index (χ2n) is 12.6. The monoisotopic (exact) mass is 670 g/mol. The molecule has 4 aromatic rings. The second-order valence-corrected chi connectivity index (χ2v) is 16.8. The molecule has 0 aliphatic heterocycles. The van der Waals surface area contributed by atoms with Crippen molar-refractivity contribution in [1.29, 1.82) is 0 Å². The third kappa shape index (κ3) is 11.1. The molecule has 48 heavy (non-hydrogen) atoms. The Labute approximate surface area is 287 Å². The van der Waals surface area contributed by atoms with Crippen molar-refractivity contribution in [1.82, 2.24) is 0 Å². The summed E-state index contributed by atoms with van der Waals surface area (Å²) in [6.45, 7) is 9.68. The molecule has 0 N–H and O–H groups in total. The molecular formula is C40H50O7Si.